The third-order valence-electron chi connectivity index (χ3n) is 5.46. The molecule has 0 bridgehead atoms. The van der Waals surface area contributed by atoms with Gasteiger partial charge in [-0.1, -0.05) is 54.6 Å². The van der Waals surface area contributed by atoms with Crippen LogP contribution < -0.4 is 5.32 Å². The largest absolute Gasteiger partial charge is 0.456 e. The zero-order valence-electron chi connectivity index (χ0n) is 20.3. The summed E-state index contributed by atoms with van der Waals surface area (Å²) in [4.78, 5) is 30.4. The molecule has 1 heterocycles. The van der Waals surface area contributed by atoms with Crippen molar-refractivity contribution in [1.29, 1.82) is 0 Å². The molecule has 1 amide bonds. The summed E-state index contributed by atoms with van der Waals surface area (Å²) in [6.07, 6.45) is 3.51. The second-order valence-electron chi connectivity index (χ2n) is 9.35. The van der Waals surface area contributed by atoms with Gasteiger partial charge < -0.3 is 10.1 Å². The van der Waals surface area contributed by atoms with Crippen LogP contribution in [0.15, 0.2) is 91.3 Å². The van der Waals surface area contributed by atoms with Crippen molar-refractivity contribution < 1.29 is 14.3 Å². The van der Waals surface area contributed by atoms with Gasteiger partial charge in [0.15, 0.2) is 0 Å². The molecule has 5 nitrogen and oxygen atoms in total. The lowest BCUT2D eigenvalue weighted by atomic mass is 9.99. The molecule has 0 spiro atoms. The number of aromatic nitrogens is 1. The summed E-state index contributed by atoms with van der Waals surface area (Å²) in [5, 5.41) is 2.95. The molecule has 0 atom stereocenters. The predicted molar refractivity (Wildman–Crippen MR) is 139 cm³/mol. The molecule has 0 fully saturated rings. The number of rotatable bonds is 5. The van der Waals surface area contributed by atoms with Crippen molar-refractivity contribution in [3.8, 4) is 22.3 Å². The molecule has 0 aliphatic carbocycles. The molecule has 0 radical (unpaired) electrons. The molecule has 1 aromatic heterocycles. The van der Waals surface area contributed by atoms with Gasteiger partial charge >= 0.3 is 5.97 Å². The Morgan fingerprint density at radius 2 is 1.43 bits per heavy atom. The summed E-state index contributed by atoms with van der Waals surface area (Å²) in [6, 6.07) is 24.7. The molecule has 35 heavy (non-hydrogen) atoms. The summed E-state index contributed by atoms with van der Waals surface area (Å²) in [7, 11) is 0. The van der Waals surface area contributed by atoms with Gasteiger partial charge in [-0.25, -0.2) is 4.79 Å². The summed E-state index contributed by atoms with van der Waals surface area (Å²) in [6.45, 7) is 7.34. The number of esters is 1. The van der Waals surface area contributed by atoms with Crippen LogP contribution in [0.2, 0.25) is 0 Å². The van der Waals surface area contributed by atoms with Crippen molar-refractivity contribution in [2.75, 3.05) is 5.32 Å². The molecule has 0 saturated carbocycles. The molecule has 0 unspecified atom stereocenters. The van der Waals surface area contributed by atoms with E-state index in [9.17, 15) is 9.59 Å². The Kier molecular flexibility index (Phi) is 6.78. The van der Waals surface area contributed by atoms with Crippen molar-refractivity contribution in [2.45, 2.75) is 33.3 Å². The first-order valence-electron chi connectivity index (χ1n) is 11.5. The van der Waals surface area contributed by atoms with Crippen LogP contribution in [0.1, 0.15) is 47.1 Å². The fraction of sp³-hybridized carbons (Fsp3) is 0.167. The van der Waals surface area contributed by atoms with Crippen LogP contribution in [0.25, 0.3) is 22.3 Å². The van der Waals surface area contributed by atoms with Crippen molar-refractivity contribution in [3.63, 3.8) is 0 Å². The average Bonchev–Trinajstić information content (AvgIpc) is 2.84. The number of carbonyl (C=O) groups is 2. The SMILES string of the molecule is Cc1cc(-c2cccnc2)ccc1C(=O)Nc1cc(-c2ccccc2)ccc1C(=O)OC(C)(C)C. The Morgan fingerprint density at radius 3 is 2.06 bits per heavy atom. The first-order valence-corrected chi connectivity index (χ1v) is 11.5. The quantitative estimate of drug-likeness (QED) is 0.325. The lowest BCUT2D eigenvalue weighted by molar-refractivity contribution is 0.00708. The van der Waals surface area contributed by atoms with E-state index in [0.717, 1.165) is 27.8 Å². The minimum absolute atomic E-state index is 0.296. The van der Waals surface area contributed by atoms with Gasteiger partial charge in [0.2, 0.25) is 0 Å². The summed E-state index contributed by atoms with van der Waals surface area (Å²) in [5.41, 5.74) is 5.22. The van der Waals surface area contributed by atoms with Crippen LogP contribution in [-0.2, 0) is 4.74 Å². The summed E-state index contributed by atoms with van der Waals surface area (Å²) >= 11 is 0. The van der Waals surface area contributed by atoms with Crippen LogP contribution in [-0.4, -0.2) is 22.5 Å². The minimum Gasteiger partial charge on any atom is -0.456 e. The van der Waals surface area contributed by atoms with Gasteiger partial charge in [-0.05, 0) is 79.8 Å². The molecule has 0 aliphatic heterocycles. The van der Waals surface area contributed by atoms with Crippen molar-refractivity contribution in [2.24, 2.45) is 0 Å². The maximum absolute atomic E-state index is 13.3. The zero-order valence-corrected chi connectivity index (χ0v) is 20.3. The fourth-order valence-corrected chi connectivity index (χ4v) is 3.79. The molecule has 5 heteroatoms. The third kappa shape index (κ3) is 5.82. The average molecular weight is 465 g/mol. The predicted octanol–water partition coefficient (Wildman–Crippen LogP) is 6.93. The number of amides is 1. The van der Waals surface area contributed by atoms with Gasteiger partial charge in [0.25, 0.3) is 5.91 Å². The van der Waals surface area contributed by atoms with Crippen molar-refractivity contribution in [3.05, 3.63) is 108 Å². The van der Waals surface area contributed by atoms with E-state index >= 15 is 0 Å². The molecule has 4 rings (SSSR count). The third-order valence-corrected chi connectivity index (χ3v) is 5.46. The van der Waals surface area contributed by atoms with Gasteiger partial charge in [0, 0.05) is 18.0 Å². The maximum Gasteiger partial charge on any atom is 0.340 e. The summed E-state index contributed by atoms with van der Waals surface area (Å²) in [5.74, 6) is -0.786. The monoisotopic (exact) mass is 464 g/mol. The highest BCUT2D eigenvalue weighted by atomic mass is 16.6. The first-order chi connectivity index (χ1) is 16.7. The number of carbonyl (C=O) groups excluding carboxylic acids is 2. The lowest BCUT2D eigenvalue weighted by Gasteiger charge is -2.21. The van der Waals surface area contributed by atoms with E-state index in [-0.39, 0.29) is 5.91 Å². The number of ether oxygens (including phenoxy) is 1. The number of hydrogen-bond donors (Lipinski definition) is 1. The zero-order chi connectivity index (χ0) is 25.0. The Hall–Kier alpha value is -4.25. The number of anilines is 1. The summed E-state index contributed by atoms with van der Waals surface area (Å²) < 4.78 is 5.59. The highest BCUT2D eigenvalue weighted by Gasteiger charge is 2.22. The minimum atomic E-state index is -0.658. The molecule has 1 N–H and O–H groups in total. The Balaban J connectivity index is 1.68. The van der Waals surface area contributed by atoms with Gasteiger partial charge in [0.05, 0.1) is 11.3 Å². The first kappa shape index (κ1) is 23.9. The van der Waals surface area contributed by atoms with E-state index in [0.29, 0.717) is 16.8 Å². The molecular formula is C30H28N2O3. The molecule has 0 saturated heterocycles. The Bertz CT molecular complexity index is 1360. The van der Waals surface area contributed by atoms with Gasteiger partial charge in [0.1, 0.15) is 5.60 Å². The van der Waals surface area contributed by atoms with E-state index in [1.165, 1.54) is 0 Å². The molecule has 3 aromatic carbocycles. The second kappa shape index (κ2) is 9.94. The van der Waals surface area contributed by atoms with Gasteiger partial charge in [-0.2, -0.15) is 0 Å². The smallest absolute Gasteiger partial charge is 0.340 e. The Morgan fingerprint density at radius 1 is 0.771 bits per heavy atom. The number of nitrogens with zero attached hydrogens (tertiary/aromatic N) is 1. The number of aryl methyl sites for hydroxylation is 1. The molecular weight excluding hydrogens is 436 g/mol. The second-order valence-corrected chi connectivity index (χ2v) is 9.35. The van der Waals surface area contributed by atoms with Crippen LogP contribution in [0.3, 0.4) is 0 Å². The topological polar surface area (TPSA) is 68.3 Å². The lowest BCUT2D eigenvalue weighted by Crippen LogP contribution is -2.25. The number of pyridine rings is 1. The van der Waals surface area contributed by atoms with Crippen LogP contribution >= 0.6 is 0 Å². The molecule has 4 aromatic rings. The van der Waals surface area contributed by atoms with Crippen LogP contribution in [0, 0.1) is 6.92 Å². The molecule has 176 valence electrons. The van der Waals surface area contributed by atoms with E-state index in [1.807, 2.05) is 94.4 Å². The number of nitrogens with one attached hydrogen (secondary N) is 1. The molecule has 0 aliphatic rings. The number of hydrogen-bond acceptors (Lipinski definition) is 4. The standard InChI is InChI=1S/C30H28N2O3/c1-20-17-22(24-11-8-16-31-19-24)12-14-25(20)28(33)32-27-18-23(21-9-6-5-7-10-21)13-15-26(27)29(34)35-30(2,3)4/h5-19H,1-4H3,(H,32,33). The van der Waals surface area contributed by atoms with E-state index in [4.69, 9.17) is 4.74 Å². The Labute approximate surface area is 205 Å². The van der Waals surface area contributed by atoms with Crippen LogP contribution in [0.4, 0.5) is 5.69 Å². The normalized spacial score (nSPS) is 11.1. The fourth-order valence-electron chi connectivity index (χ4n) is 3.79. The van der Waals surface area contributed by atoms with Crippen molar-refractivity contribution >= 4 is 17.6 Å². The van der Waals surface area contributed by atoms with E-state index < -0.39 is 11.6 Å². The number of benzene rings is 3. The highest BCUT2D eigenvalue weighted by molar-refractivity contribution is 6.09. The van der Waals surface area contributed by atoms with Gasteiger partial charge in [-0.3, -0.25) is 9.78 Å². The van der Waals surface area contributed by atoms with E-state index in [1.54, 1.807) is 24.5 Å². The van der Waals surface area contributed by atoms with Crippen LogP contribution in [0.5, 0.6) is 0 Å². The van der Waals surface area contributed by atoms with E-state index in [2.05, 4.69) is 10.3 Å². The van der Waals surface area contributed by atoms with Gasteiger partial charge in [-0.15, -0.1) is 0 Å². The highest BCUT2D eigenvalue weighted by Crippen LogP contribution is 2.29. The van der Waals surface area contributed by atoms with Crippen molar-refractivity contribution in [1.82, 2.24) is 4.98 Å². The maximum atomic E-state index is 13.3.